The first-order valence-corrected chi connectivity index (χ1v) is 5.00. The Bertz CT molecular complexity index is 398. The largest absolute Gasteiger partial charge is 0.496 e. The van der Waals surface area contributed by atoms with Gasteiger partial charge in [0.15, 0.2) is 6.10 Å². The molecule has 4 nitrogen and oxygen atoms in total. The second-order valence-electron chi connectivity index (χ2n) is 3.83. The van der Waals surface area contributed by atoms with Crippen LogP contribution < -0.4 is 4.74 Å². The fourth-order valence-corrected chi connectivity index (χ4v) is 1.78. The topological polar surface area (TPSA) is 66.8 Å². The first-order valence-electron chi connectivity index (χ1n) is 5.00. The van der Waals surface area contributed by atoms with Gasteiger partial charge in [-0.05, 0) is 25.0 Å². The van der Waals surface area contributed by atoms with Crippen molar-refractivity contribution >= 4 is 5.97 Å². The van der Waals surface area contributed by atoms with Crippen LogP contribution in [-0.2, 0) is 11.2 Å². The molecule has 0 aliphatic carbocycles. The Kier molecular flexibility index (Phi) is 3.90. The highest BCUT2D eigenvalue weighted by Gasteiger charge is 2.17. The van der Waals surface area contributed by atoms with E-state index in [2.05, 4.69) is 0 Å². The quantitative estimate of drug-likeness (QED) is 0.809. The number of benzene rings is 1. The van der Waals surface area contributed by atoms with E-state index in [9.17, 15) is 9.90 Å². The van der Waals surface area contributed by atoms with E-state index >= 15 is 0 Å². The lowest BCUT2D eigenvalue weighted by Gasteiger charge is -2.14. The zero-order chi connectivity index (χ0) is 12.3. The fraction of sp³-hybridized carbons (Fsp3) is 0.417. The summed E-state index contributed by atoms with van der Waals surface area (Å²) in [4.78, 5) is 10.6. The van der Waals surface area contributed by atoms with E-state index in [1.165, 1.54) is 7.11 Å². The maximum Gasteiger partial charge on any atom is 0.332 e. The smallest absolute Gasteiger partial charge is 0.332 e. The molecule has 4 heteroatoms. The third-order valence-corrected chi connectivity index (χ3v) is 2.40. The van der Waals surface area contributed by atoms with Gasteiger partial charge in [-0.25, -0.2) is 4.79 Å². The highest BCUT2D eigenvalue weighted by molar-refractivity contribution is 5.72. The Balaban J connectivity index is 3.07. The molecule has 0 amide bonds. The van der Waals surface area contributed by atoms with Crippen LogP contribution in [0.25, 0.3) is 0 Å². The van der Waals surface area contributed by atoms with Crippen molar-refractivity contribution in [2.75, 3.05) is 7.11 Å². The molecule has 1 aromatic carbocycles. The Labute approximate surface area is 94.5 Å². The number of aliphatic hydroxyl groups is 1. The molecule has 0 aliphatic heterocycles. The number of hydrogen-bond donors (Lipinski definition) is 2. The summed E-state index contributed by atoms with van der Waals surface area (Å²) >= 11 is 0. The molecule has 0 fully saturated rings. The Morgan fingerprint density at radius 2 is 2.06 bits per heavy atom. The minimum absolute atomic E-state index is 0.0566. The van der Waals surface area contributed by atoms with Crippen molar-refractivity contribution in [3.63, 3.8) is 0 Å². The van der Waals surface area contributed by atoms with Gasteiger partial charge in [-0.3, -0.25) is 0 Å². The lowest BCUT2D eigenvalue weighted by molar-refractivity contribution is -0.146. The Morgan fingerprint density at radius 1 is 1.44 bits per heavy atom. The van der Waals surface area contributed by atoms with Gasteiger partial charge in [0.05, 0.1) is 7.11 Å². The van der Waals surface area contributed by atoms with Crippen LogP contribution in [-0.4, -0.2) is 29.4 Å². The summed E-state index contributed by atoms with van der Waals surface area (Å²) in [5.74, 6) is -0.577. The lowest BCUT2D eigenvalue weighted by atomic mass is 10.0. The average Bonchev–Trinajstić information content (AvgIpc) is 2.16. The average molecular weight is 224 g/mol. The first-order chi connectivity index (χ1) is 7.45. The number of hydrogen-bond acceptors (Lipinski definition) is 3. The highest BCUT2D eigenvalue weighted by Crippen LogP contribution is 2.26. The third-order valence-electron chi connectivity index (χ3n) is 2.40. The van der Waals surface area contributed by atoms with Crippen molar-refractivity contribution in [3.05, 3.63) is 28.8 Å². The van der Waals surface area contributed by atoms with Gasteiger partial charge in [0.25, 0.3) is 0 Å². The number of methoxy groups -OCH3 is 1. The summed E-state index contributed by atoms with van der Waals surface area (Å²) in [6.45, 7) is 3.81. The van der Waals surface area contributed by atoms with E-state index in [1.54, 1.807) is 0 Å². The summed E-state index contributed by atoms with van der Waals surface area (Å²) in [5, 5.41) is 18.0. The van der Waals surface area contributed by atoms with Crippen LogP contribution in [0.5, 0.6) is 5.75 Å². The molecule has 0 heterocycles. The summed E-state index contributed by atoms with van der Waals surface area (Å²) in [5.41, 5.74) is 2.68. The molecule has 1 unspecified atom stereocenters. The number of ether oxygens (including phenoxy) is 1. The van der Waals surface area contributed by atoms with E-state index < -0.39 is 12.1 Å². The molecule has 1 atom stereocenters. The molecule has 1 rings (SSSR count). The van der Waals surface area contributed by atoms with Crippen molar-refractivity contribution < 1.29 is 19.7 Å². The predicted octanol–water partition coefficient (Wildman–Crippen LogP) is 1.30. The monoisotopic (exact) mass is 224 g/mol. The highest BCUT2D eigenvalue weighted by atomic mass is 16.5. The van der Waals surface area contributed by atoms with Crippen molar-refractivity contribution in [3.8, 4) is 5.75 Å². The van der Waals surface area contributed by atoms with E-state index in [-0.39, 0.29) is 6.42 Å². The van der Waals surface area contributed by atoms with Crippen molar-refractivity contribution in [1.82, 2.24) is 0 Å². The van der Waals surface area contributed by atoms with Gasteiger partial charge in [-0.2, -0.15) is 0 Å². The Morgan fingerprint density at radius 3 is 2.56 bits per heavy atom. The molecule has 0 aromatic heterocycles. The molecule has 1 aromatic rings. The second-order valence-corrected chi connectivity index (χ2v) is 3.83. The molecule has 2 N–H and O–H groups in total. The van der Waals surface area contributed by atoms with Gasteiger partial charge in [0, 0.05) is 6.42 Å². The first kappa shape index (κ1) is 12.5. The van der Waals surface area contributed by atoms with Crippen LogP contribution in [0.3, 0.4) is 0 Å². The van der Waals surface area contributed by atoms with Crippen molar-refractivity contribution in [1.29, 1.82) is 0 Å². The number of aliphatic hydroxyl groups excluding tert-OH is 1. The summed E-state index contributed by atoms with van der Waals surface area (Å²) in [6, 6.07) is 3.79. The molecule has 88 valence electrons. The molecule has 0 saturated carbocycles. The predicted molar refractivity (Wildman–Crippen MR) is 59.8 cm³/mol. The zero-order valence-electron chi connectivity index (χ0n) is 9.65. The minimum atomic E-state index is -1.39. The number of carbonyl (C=O) groups is 1. The SMILES string of the molecule is COc1c(C)cc(C)cc1CC(O)C(=O)O. The van der Waals surface area contributed by atoms with E-state index in [0.717, 1.165) is 16.7 Å². The summed E-state index contributed by atoms with van der Waals surface area (Å²) in [6.07, 6.45) is -1.34. The van der Waals surface area contributed by atoms with Gasteiger partial charge in [-0.15, -0.1) is 0 Å². The number of carboxylic acids is 1. The number of aryl methyl sites for hydroxylation is 2. The van der Waals surface area contributed by atoms with Gasteiger partial charge < -0.3 is 14.9 Å². The summed E-state index contributed by atoms with van der Waals surface area (Å²) < 4.78 is 5.21. The van der Waals surface area contributed by atoms with Crippen LogP contribution in [0.1, 0.15) is 16.7 Å². The van der Waals surface area contributed by atoms with Gasteiger partial charge in [-0.1, -0.05) is 17.7 Å². The standard InChI is InChI=1S/C12H16O4/c1-7-4-8(2)11(16-3)9(5-7)6-10(13)12(14)15/h4-5,10,13H,6H2,1-3H3,(H,14,15). The third kappa shape index (κ3) is 2.73. The summed E-state index contributed by atoms with van der Waals surface area (Å²) in [7, 11) is 1.54. The second kappa shape index (κ2) is 4.99. The van der Waals surface area contributed by atoms with Crippen LogP contribution in [0.15, 0.2) is 12.1 Å². The maximum absolute atomic E-state index is 10.6. The van der Waals surface area contributed by atoms with Crippen LogP contribution in [0.4, 0.5) is 0 Å². The molecule has 0 radical (unpaired) electrons. The number of carboxylic acid groups (broad SMARTS) is 1. The van der Waals surface area contributed by atoms with Crippen molar-refractivity contribution in [2.45, 2.75) is 26.4 Å². The number of rotatable bonds is 4. The maximum atomic E-state index is 10.6. The van der Waals surface area contributed by atoms with Crippen LogP contribution in [0, 0.1) is 13.8 Å². The van der Waals surface area contributed by atoms with E-state index in [1.807, 2.05) is 26.0 Å². The van der Waals surface area contributed by atoms with E-state index in [4.69, 9.17) is 9.84 Å². The molecule has 0 saturated heterocycles. The van der Waals surface area contributed by atoms with Crippen LogP contribution in [0.2, 0.25) is 0 Å². The number of aliphatic carboxylic acids is 1. The molecule has 0 bridgehead atoms. The molecule has 0 aliphatic rings. The van der Waals surface area contributed by atoms with E-state index in [0.29, 0.717) is 5.75 Å². The zero-order valence-corrected chi connectivity index (χ0v) is 9.65. The molecule has 0 spiro atoms. The lowest BCUT2D eigenvalue weighted by Crippen LogP contribution is -2.22. The normalized spacial score (nSPS) is 12.2. The molecular weight excluding hydrogens is 208 g/mol. The molecular formula is C12H16O4. The van der Waals surface area contributed by atoms with Gasteiger partial charge in [0.1, 0.15) is 5.75 Å². The Hall–Kier alpha value is -1.55. The van der Waals surface area contributed by atoms with Crippen LogP contribution >= 0.6 is 0 Å². The molecule has 16 heavy (non-hydrogen) atoms. The van der Waals surface area contributed by atoms with Crippen molar-refractivity contribution in [2.24, 2.45) is 0 Å². The van der Waals surface area contributed by atoms with Gasteiger partial charge in [0.2, 0.25) is 0 Å². The minimum Gasteiger partial charge on any atom is -0.496 e. The van der Waals surface area contributed by atoms with Gasteiger partial charge >= 0.3 is 5.97 Å². The fourth-order valence-electron chi connectivity index (χ4n) is 1.78.